The first-order valence-corrected chi connectivity index (χ1v) is 7.54. The molecule has 21 heavy (non-hydrogen) atoms. The number of ether oxygens (including phenoxy) is 1. The first-order valence-electron chi connectivity index (χ1n) is 6.16. The molecule has 0 aliphatic rings. The predicted molar refractivity (Wildman–Crippen MR) is 76.6 cm³/mol. The summed E-state index contributed by atoms with van der Waals surface area (Å²) in [5.41, 5.74) is 0.0133. The predicted octanol–water partition coefficient (Wildman–Crippen LogP) is 2.81. The van der Waals surface area contributed by atoms with Gasteiger partial charge < -0.3 is 14.3 Å². The van der Waals surface area contributed by atoms with E-state index in [2.05, 4.69) is 20.9 Å². The molecule has 0 radical (unpaired) electrons. The van der Waals surface area contributed by atoms with Gasteiger partial charge >= 0.3 is 6.36 Å². The first-order chi connectivity index (χ1) is 9.48. The van der Waals surface area contributed by atoms with Crippen molar-refractivity contribution in [2.45, 2.75) is 37.9 Å². The largest absolute Gasteiger partial charge is 0.574 e. The third-order valence-electron chi connectivity index (χ3n) is 2.43. The van der Waals surface area contributed by atoms with Gasteiger partial charge in [0.25, 0.3) is 0 Å². The molecule has 0 saturated carbocycles. The Morgan fingerprint density at radius 3 is 2.48 bits per heavy atom. The van der Waals surface area contributed by atoms with Gasteiger partial charge in [-0.2, -0.15) is 5.87 Å². The minimum absolute atomic E-state index is 0.225. The van der Waals surface area contributed by atoms with Gasteiger partial charge in [0.2, 0.25) is 5.88 Å². The van der Waals surface area contributed by atoms with E-state index in [1.54, 1.807) is 0 Å². The molecule has 1 N–H and O–H groups in total. The first kappa shape index (κ1) is 17.8. The molecule has 1 heterocycles. The van der Waals surface area contributed by atoms with Crippen LogP contribution in [0.1, 0.15) is 31.7 Å². The van der Waals surface area contributed by atoms with Crippen LogP contribution in [0.3, 0.4) is 0 Å². The van der Waals surface area contributed by atoms with Crippen LogP contribution in [0.5, 0.6) is 5.88 Å². The smallest absolute Gasteiger partial charge is 0.461 e. The Hall–Kier alpha value is -1.28. The van der Waals surface area contributed by atoms with Crippen LogP contribution in [-0.4, -0.2) is 29.3 Å². The lowest BCUT2D eigenvalue weighted by Gasteiger charge is -2.27. The van der Waals surface area contributed by atoms with Crippen molar-refractivity contribution in [3.63, 3.8) is 0 Å². The summed E-state index contributed by atoms with van der Waals surface area (Å²) in [6.45, 7) is 6.05. The Labute approximate surface area is 123 Å². The highest BCUT2D eigenvalue weighted by Gasteiger charge is 2.31. The Morgan fingerprint density at radius 1 is 1.38 bits per heavy atom. The fourth-order valence-corrected chi connectivity index (χ4v) is 2.19. The molecule has 0 saturated heterocycles. The van der Waals surface area contributed by atoms with Gasteiger partial charge in [0, 0.05) is 17.3 Å². The summed E-state index contributed by atoms with van der Waals surface area (Å²) < 4.78 is 52.1. The normalized spacial score (nSPS) is 14.2. The highest BCUT2D eigenvalue weighted by atomic mass is 32.2. The molecule has 0 bridgehead atoms. The number of hydrogen-bond donors (Lipinski definition) is 1. The summed E-state index contributed by atoms with van der Waals surface area (Å²) in [5.74, 6) is 2.87. The molecule has 1 atom stereocenters. The zero-order valence-corrected chi connectivity index (χ0v) is 12.8. The van der Waals surface area contributed by atoms with Crippen LogP contribution in [0.15, 0.2) is 18.2 Å². The maximum Gasteiger partial charge on any atom is 0.574 e. The van der Waals surface area contributed by atoms with E-state index in [1.165, 1.54) is 12.1 Å². The number of rotatable bonds is 5. The molecule has 0 fully saturated rings. The molecule has 0 aliphatic heterocycles. The van der Waals surface area contributed by atoms with E-state index in [0.717, 1.165) is 6.07 Å². The zero-order valence-electron chi connectivity index (χ0n) is 12.0. The number of halogens is 3. The van der Waals surface area contributed by atoms with Crippen molar-refractivity contribution < 1.29 is 22.1 Å². The lowest BCUT2D eigenvalue weighted by molar-refractivity contribution is -0.276. The topological polar surface area (TPSA) is 51.2 Å². The maximum absolute atomic E-state index is 12.2. The van der Waals surface area contributed by atoms with Crippen molar-refractivity contribution in [3.8, 4) is 5.88 Å². The molecule has 0 aromatic carbocycles. The molecular formula is C13H18F3N2O2S-. The van der Waals surface area contributed by atoms with Crippen LogP contribution in [-0.2, 0) is 14.6 Å². The van der Waals surface area contributed by atoms with E-state index in [9.17, 15) is 17.4 Å². The second kappa shape index (κ2) is 6.65. The van der Waals surface area contributed by atoms with Crippen molar-refractivity contribution in [3.05, 3.63) is 23.9 Å². The average Bonchev–Trinajstić information content (AvgIpc) is 2.25. The standard InChI is InChI=1S/C13H18F3N2O2S/c1-12(2,3)17-8-10(21(4)19)9-6-5-7-11(18-9)20-13(14,15)16/h5-7,10,17H,4,8H2,1-3H3/q-1. The third-order valence-corrected chi connectivity index (χ3v) is 3.47. The van der Waals surface area contributed by atoms with Gasteiger partial charge in [-0.25, -0.2) is 4.98 Å². The van der Waals surface area contributed by atoms with E-state index >= 15 is 0 Å². The third kappa shape index (κ3) is 6.81. The summed E-state index contributed by atoms with van der Waals surface area (Å²) in [5, 5.41) is 2.51. The molecule has 8 heteroatoms. The van der Waals surface area contributed by atoms with E-state index in [-0.39, 0.29) is 17.8 Å². The minimum Gasteiger partial charge on any atom is -0.461 e. The molecule has 4 nitrogen and oxygen atoms in total. The monoisotopic (exact) mass is 323 g/mol. The quantitative estimate of drug-likeness (QED) is 0.669. The summed E-state index contributed by atoms with van der Waals surface area (Å²) in [4.78, 5) is 3.77. The van der Waals surface area contributed by atoms with Crippen molar-refractivity contribution in [1.82, 2.24) is 10.3 Å². The van der Waals surface area contributed by atoms with Crippen molar-refractivity contribution >= 4 is 16.3 Å². The summed E-state index contributed by atoms with van der Waals surface area (Å²) in [7, 11) is -1.53. The second-order valence-corrected chi connectivity index (χ2v) is 6.78. The van der Waals surface area contributed by atoms with Gasteiger partial charge in [-0.3, -0.25) is 10.4 Å². The van der Waals surface area contributed by atoms with Crippen LogP contribution >= 0.6 is 0 Å². The van der Waals surface area contributed by atoms with Gasteiger partial charge in [-0.15, -0.1) is 13.2 Å². The van der Waals surface area contributed by atoms with Crippen LogP contribution in [0.4, 0.5) is 13.2 Å². The number of pyridine rings is 1. The number of alkyl halides is 3. The molecule has 1 aromatic rings. The summed E-state index contributed by atoms with van der Waals surface area (Å²) >= 11 is 0. The van der Waals surface area contributed by atoms with Crippen LogP contribution in [0, 0.1) is 0 Å². The molecular weight excluding hydrogens is 305 g/mol. The Morgan fingerprint density at radius 2 is 2.00 bits per heavy atom. The molecule has 0 aliphatic carbocycles. The highest BCUT2D eigenvalue weighted by molar-refractivity contribution is 7.82. The number of nitrogens with zero attached hydrogens (tertiary/aromatic N) is 1. The number of hydrogen-bond acceptors (Lipinski definition) is 5. The second-order valence-electron chi connectivity index (χ2n) is 5.45. The van der Waals surface area contributed by atoms with E-state index in [0.29, 0.717) is 0 Å². The maximum atomic E-state index is 12.2. The number of nitrogens with one attached hydrogen (secondary N) is 1. The van der Waals surface area contributed by atoms with Crippen LogP contribution in [0.25, 0.3) is 0 Å². The van der Waals surface area contributed by atoms with Crippen molar-refractivity contribution in [1.29, 1.82) is 0 Å². The van der Waals surface area contributed by atoms with Crippen molar-refractivity contribution in [2.24, 2.45) is 0 Å². The zero-order chi connectivity index (χ0) is 16.3. The van der Waals surface area contributed by atoms with E-state index < -0.39 is 27.9 Å². The van der Waals surface area contributed by atoms with Gasteiger partial charge in [0.15, 0.2) is 0 Å². The fourth-order valence-electron chi connectivity index (χ4n) is 1.52. The lowest BCUT2D eigenvalue weighted by atomic mass is 10.1. The highest BCUT2D eigenvalue weighted by Crippen LogP contribution is 2.23. The average molecular weight is 323 g/mol. The lowest BCUT2D eigenvalue weighted by Crippen LogP contribution is -2.39. The molecule has 120 valence electrons. The Bertz CT molecular complexity index is 543. The SMILES string of the molecule is C=[S-](=O)C(CNC(C)(C)C)c1cccc(OC(F)(F)F)n1. The molecule has 0 amide bonds. The summed E-state index contributed by atoms with van der Waals surface area (Å²) in [6, 6.07) is 3.97. The number of aromatic nitrogens is 1. The van der Waals surface area contributed by atoms with Crippen LogP contribution in [0.2, 0.25) is 0 Å². The van der Waals surface area contributed by atoms with Gasteiger partial charge in [-0.1, -0.05) is 6.07 Å². The Kier molecular flexibility index (Phi) is 5.63. The molecule has 1 unspecified atom stereocenters. The van der Waals surface area contributed by atoms with E-state index in [4.69, 9.17) is 0 Å². The van der Waals surface area contributed by atoms with Gasteiger partial charge in [0.1, 0.15) is 0 Å². The van der Waals surface area contributed by atoms with Crippen molar-refractivity contribution in [2.75, 3.05) is 6.54 Å². The summed E-state index contributed by atoms with van der Waals surface area (Å²) in [6.07, 6.45) is -4.81. The fraction of sp³-hybridized carbons (Fsp3) is 0.538. The van der Waals surface area contributed by atoms with E-state index in [1.807, 2.05) is 20.8 Å². The van der Waals surface area contributed by atoms with Gasteiger partial charge in [0.05, 0.1) is 0 Å². The Balaban J connectivity index is 2.96. The minimum atomic E-state index is -4.81. The molecule has 1 aromatic heterocycles. The molecule has 0 spiro atoms. The molecule has 1 rings (SSSR count). The van der Waals surface area contributed by atoms with Gasteiger partial charge in [-0.05, 0) is 38.6 Å². The van der Waals surface area contributed by atoms with Crippen LogP contribution < -0.4 is 10.1 Å².